The number of aromatic nitrogens is 2. The fourth-order valence-electron chi connectivity index (χ4n) is 2.15. The number of hydrogen-bond acceptors (Lipinski definition) is 2. The number of hydrogen-bond donors (Lipinski definition) is 0. The predicted molar refractivity (Wildman–Crippen MR) is 85.6 cm³/mol. The van der Waals surface area contributed by atoms with E-state index in [1.165, 1.54) is 0 Å². The molecular formula is C15H18BrClN2O. The third-order valence-corrected chi connectivity index (χ3v) is 4.98. The number of halogens is 2. The summed E-state index contributed by atoms with van der Waals surface area (Å²) in [4.78, 5) is 0. The Morgan fingerprint density at radius 2 is 1.85 bits per heavy atom. The second kappa shape index (κ2) is 6.19. The van der Waals surface area contributed by atoms with Crippen LogP contribution in [0.5, 0.6) is 5.75 Å². The van der Waals surface area contributed by atoms with E-state index in [1.54, 1.807) is 0 Å². The van der Waals surface area contributed by atoms with Crippen LogP contribution in [0.3, 0.4) is 0 Å². The molecule has 0 atom stereocenters. The van der Waals surface area contributed by atoms with Crippen LogP contribution in [-0.4, -0.2) is 9.78 Å². The van der Waals surface area contributed by atoms with Gasteiger partial charge in [0, 0.05) is 11.0 Å². The van der Waals surface area contributed by atoms with E-state index in [9.17, 15) is 0 Å². The Balaban J connectivity index is 2.21. The van der Waals surface area contributed by atoms with Crippen LogP contribution in [0.4, 0.5) is 0 Å². The van der Waals surface area contributed by atoms with Crippen LogP contribution in [0, 0.1) is 20.8 Å². The van der Waals surface area contributed by atoms with E-state index in [2.05, 4.69) is 34.9 Å². The molecular weight excluding hydrogens is 340 g/mol. The van der Waals surface area contributed by atoms with Gasteiger partial charge < -0.3 is 4.74 Å². The lowest BCUT2D eigenvalue weighted by Crippen LogP contribution is -2.06. The van der Waals surface area contributed by atoms with Crippen LogP contribution in [0.1, 0.15) is 29.4 Å². The van der Waals surface area contributed by atoms with Crippen molar-refractivity contribution in [3.8, 4) is 5.75 Å². The van der Waals surface area contributed by atoms with Crippen molar-refractivity contribution < 1.29 is 4.74 Å². The molecule has 0 amide bonds. The third kappa shape index (κ3) is 3.01. The highest BCUT2D eigenvalue weighted by molar-refractivity contribution is 9.10. The molecule has 108 valence electrons. The zero-order chi connectivity index (χ0) is 14.9. The maximum atomic E-state index is 6.28. The van der Waals surface area contributed by atoms with Crippen LogP contribution in [0.25, 0.3) is 0 Å². The van der Waals surface area contributed by atoms with Crippen LogP contribution in [0.15, 0.2) is 16.6 Å². The summed E-state index contributed by atoms with van der Waals surface area (Å²) in [6.07, 6.45) is 0. The minimum Gasteiger partial charge on any atom is -0.487 e. The van der Waals surface area contributed by atoms with Gasteiger partial charge in [0.1, 0.15) is 12.4 Å². The first-order valence-electron chi connectivity index (χ1n) is 6.55. The standard InChI is InChI=1S/C15H18BrClN2O/c1-5-19-13(15(17)11(4)18-19)8-20-12-6-9(2)14(16)10(3)7-12/h6-7H,5,8H2,1-4H3. The van der Waals surface area contributed by atoms with Gasteiger partial charge in [-0.25, -0.2) is 0 Å². The summed E-state index contributed by atoms with van der Waals surface area (Å²) in [5.41, 5.74) is 4.08. The largest absolute Gasteiger partial charge is 0.487 e. The van der Waals surface area contributed by atoms with E-state index < -0.39 is 0 Å². The van der Waals surface area contributed by atoms with E-state index in [1.807, 2.05) is 30.7 Å². The summed E-state index contributed by atoms with van der Waals surface area (Å²) in [6, 6.07) is 4.04. The summed E-state index contributed by atoms with van der Waals surface area (Å²) in [7, 11) is 0. The summed E-state index contributed by atoms with van der Waals surface area (Å²) < 4.78 is 8.89. The van der Waals surface area contributed by atoms with Crippen molar-refractivity contribution in [3.05, 3.63) is 44.1 Å². The molecule has 1 heterocycles. The van der Waals surface area contributed by atoms with Gasteiger partial charge in [-0.1, -0.05) is 27.5 Å². The van der Waals surface area contributed by atoms with Crippen molar-refractivity contribution in [1.82, 2.24) is 9.78 Å². The lowest BCUT2D eigenvalue weighted by atomic mass is 10.1. The Hall–Kier alpha value is -1.000. The molecule has 0 aliphatic heterocycles. The Kier molecular flexibility index (Phi) is 4.76. The van der Waals surface area contributed by atoms with Crippen molar-refractivity contribution >= 4 is 27.5 Å². The van der Waals surface area contributed by atoms with Crippen LogP contribution < -0.4 is 4.74 Å². The topological polar surface area (TPSA) is 27.1 Å². The zero-order valence-electron chi connectivity index (χ0n) is 12.1. The number of benzene rings is 1. The van der Waals surface area contributed by atoms with Gasteiger partial charge in [-0.05, 0) is 51.0 Å². The molecule has 2 rings (SSSR count). The van der Waals surface area contributed by atoms with Gasteiger partial charge in [-0.2, -0.15) is 5.10 Å². The summed E-state index contributed by atoms with van der Waals surface area (Å²) in [5.74, 6) is 0.848. The molecule has 2 aromatic rings. The summed E-state index contributed by atoms with van der Waals surface area (Å²) in [6.45, 7) is 9.26. The van der Waals surface area contributed by atoms with Crippen LogP contribution >= 0.6 is 27.5 Å². The van der Waals surface area contributed by atoms with Crippen molar-refractivity contribution in [2.45, 2.75) is 40.8 Å². The van der Waals surface area contributed by atoms with Crippen molar-refractivity contribution in [2.24, 2.45) is 0 Å². The van der Waals surface area contributed by atoms with E-state index in [-0.39, 0.29) is 0 Å². The van der Waals surface area contributed by atoms with Crippen LogP contribution in [-0.2, 0) is 13.2 Å². The van der Waals surface area contributed by atoms with Gasteiger partial charge in [0.15, 0.2) is 0 Å². The van der Waals surface area contributed by atoms with Gasteiger partial charge in [-0.15, -0.1) is 0 Å². The Morgan fingerprint density at radius 3 is 2.40 bits per heavy atom. The van der Waals surface area contributed by atoms with Crippen molar-refractivity contribution in [3.63, 3.8) is 0 Å². The number of ether oxygens (including phenoxy) is 1. The molecule has 1 aromatic heterocycles. The van der Waals surface area contributed by atoms with Gasteiger partial charge >= 0.3 is 0 Å². The molecule has 0 fully saturated rings. The second-order valence-corrected chi connectivity index (χ2v) is 5.99. The Labute approximate surface area is 133 Å². The monoisotopic (exact) mass is 356 g/mol. The van der Waals surface area contributed by atoms with E-state index in [0.29, 0.717) is 11.6 Å². The predicted octanol–water partition coefficient (Wildman–Crippen LogP) is 4.82. The van der Waals surface area contributed by atoms with E-state index in [4.69, 9.17) is 16.3 Å². The molecule has 0 aliphatic rings. The second-order valence-electron chi connectivity index (χ2n) is 4.82. The minimum absolute atomic E-state index is 0.425. The fraction of sp³-hybridized carbons (Fsp3) is 0.400. The highest BCUT2D eigenvalue weighted by Crippen LogP contribution is 2.28. The number of rotatable bonds is 4. The van der Waals surface area contributed by atoms with Gasteiger partial charge in [0.05, 0.1) is 16.4 Å². The lowest BCUT2D eigenvalue weighted by Gasteiger charge is -2.11. The average molecular weight is 358 g/mol. The summed E-state index contributed by atoms with van der Waals surface area (Å²) in [5, 5.41) is 5.08. The maximum Gasteiger partial charge on any atom is 0.131 e. The fourth-order valence-corrected chi connectivity index (χ4v) is 2.57. The number of aryl methyl sites for hydroxylation is 4. The Bertz CT molecular complexity index is 614. The molecule has 0 bridgehead atoms. The average Bonchev–Trinajstić information content (AvgIpc) is 2.69. The maximum absolute atomic E-state index is 6.28. The van der Waals surface area contributed by atoms with E-state index in [0.717, 1.165) is 39.3 Å². The lowest BCUT2D eigenvalue weighted by molar-refractivity contribution is 0.292. The quantitative estimate of drug-likeness (QED) is 0.784. The first-order valence-corrected chi connectivity index (χ1v) is 7.72. The molecule has 0 radical (unpaired) electrons. The SMILES string of the molecule is CCn1nc(C)c(Cl)c1COc1cc(C)c(Br)c(C)c1. The van der Waals surface area contributed by atoms with E-state index >= 15 is 0 Å². The molecule has 0 saturated heterocycles. The molecule has 3 nitrogen and oxygen atoms in total. The highest BCUT2D eigenvalue weighted by atomic mass is 79.9. The number of nitrogens with zero attached hydrogens (tertiary/aromatic N) is 2. The van der Waals surface area contributed by atoms with Gasteiger partial charge in [0.25, 0.3) is 0 Å². The van der Waals surface area contributed by atoms with Gasteiger partial charge in [0.2, 0.25) is 0 Å². The molecule has 1 aromatic carbocycles. The molecule has 0 aliphatic carbocycles. The molecule has 0 unspecified atom stereocenters. The smallest absolute Gasteiger partial charge is 0.131 e. The van der Waals surface area contributed by atoms with Crippen LogP contribution in [0.2, 0.25) is 5.02 Å². The van der Waals surface area contributed by atoms with Crippen molar-refractivity contribution in [2.75, 3.05) is 0 Å². The Morgan fingerprint density at radius 1 is 1.25 bits per heavy atom. The van der Waals surface area contributed by atoms with Crippen molar-refractivity contribution in [1.29, 1.82) is 0 Å². The first kappa shape index (κ1) is 15.4. The molecule has 0 spiro atoms. The normalized spacial score (nSPS) is 10.9. The third-order valence-electron chi connectivity index (χ3n) is 3.24. The minimum atomic E-state index is 0.425. The molecule has 5 heteroatoms. The first-order chi connectivity index (χ1) is 9.43. The molecule has 20 heavy (non-hydrogen) atoms. The molecule has 0 N–H and O–H groups in total. The van der Waals surface area contributed by atoms with Gasteiger partial charge in [-0.3, -0.25) is 4.68 Å². The summed E-state index contributed by atoms with van der Waals surface area (Å²) >= 11 is 9.83. The molecule has 0 saturated carbocycles. The zero-order valence-corrected chi connectivity index (χ0v) is 14.5. The highest BCUT2D eigenvalue weighted by Gasteiger charge is 2.13.